The van der Waals surface area contributed by atoms with Gasteiger partial charge in [0.05, 0.1) is 13.2 Å². The van der Waals surface area contributed by atoms with E-state index in [1.54, 1.807) is 11.8 Å². The number of rotatable bonds is 5. The Hall–Kier alpha value is 0.160. The maximum Gasteiger partial charge on any atom is 0.158 e. The van der Waals surface area contributed by atoms with Crippen molar-refractivity contribution in [1.29, 1.82) is 0 Å². The zero-order valence-electron chi connectivity index (χ0n) is 9.40. The number of thiocarbonyl (C=S) groups is 1. The Labute approximate surface area is 101 Å². The molecule has 0 aliphatic carbocycles. The molecule has 0 bridgehead atoms. The van der Waals surface area contributed by atoms with Crippen molar-refractivity contribution in [1.82, 2.24) is 4.90 Å². The molecular formula is C10H19NO2S2. The lowest BCUT2D eigenvalue weighted by Crippen LogP contribution is -2.27. The molecule has 0 aromatic rings. The minimum absolute atomic E-state index is 0.00277. The maximum absolute atomic E-state index is 5.36. The Balaban J connectivity index is 2.10. The molecule has 1 aliphatic rings. The molecule has 0 atom stereocenters. The third-order valence-corrected chi connectivity index (χ3v) is 3.85. The Morgan fingerprint density at radius 3 is 2.47 bits per heavy atom. The Kier molecular flexibility index (Phi) is 6.56. The average molecular weight is 249 g/mol. The van der Waals surface area contributed by atoms with E-state index in [2.05, 4.69) is 18.7 Å². The van der Waals surface area contributed by atoms with E-state index in [-0.39, 0.29) is 6.29 Å². The van der Waals surface area contributed by atoms with Crippen molar-refractivity contribution in [2.45, 2.75) is 26.6 Å². The summed E-state index contributed by atoms with van der Waals surface area (Å²) < 4.78 is 11.7. The Morgan fingerprint density at radius 1 is 1.33 bits per heavy atom. The largest absolute Gasteiger partial charge is 0.358 e. The van der Waals surface area contributed by atoms with Gasteiger partial charge in [-0.2, -0.15) is 0 Å². The second-order valence-corrected chi connectivity index (χ2v) is 4.98. The van der Waals surface area contributed by atoms with E-state index in [0.29, 0.717) is 0 Å². The summed E-state index contributed by atoms with van der Waals surface area (Å²) in [6, 6.07) is 0. The van der Waals surface area contributed by atoms with Gasteiger partial charge in [0.1, 0.15) is 4.32 Å². The summed E-state index contributed by atoms with van der Waals surface area (Å²) in [5, 5.41) is 0. The van der Waals surface area contributed by atoms with Crippen LogP contribution in [0.3, 0.4) is 0 Å². The van der Waals surface area contributed by atoms with Crippen LogP contribution in [0.1, 0.15) is 20.3 Å². The summed E-state index contributed by atoms with van der Waals surface area (Å²) in [7, 11) is 0. The summed E-state index contributed by atoms with van der Waals surface area (Å²) in [4.78, 5) is 2.19. The Morgan fingerprint density at radius 2 is 1.93 bits per heavy atom. The van der Waals surface area contributed by atoms with Gasteiger partial charge < -0.3 is 14.4 Å². The first-order valence-corrected chi connectivity index (χ1v) is 6.82. The van der Waals surface area contributed by atoms with Gasteiger partial charge in [-0.1, -0.05) is 24.0 Å². The molecular weight excluding hydrogens is 230 g/mol. The van der Waals surface area contributed by atoms with Crippen LogP contribution in [0.5, 0.6) is 0 Å². The summed E-state index contributed by atoms with van der Waals surface area (Å²) in [5.74, 6) is 0.972. The first-order chi connectivity index (χ1) is 7.27. The first kappa shape index (κ1) is 13.2. The standard InChI is InChI=1S/C10H19NO2S2/c1-3-11(4-2)10(14)15-8-5-9-12-6-7-13-9/h9H,3-8H2,1-2H3. The second-order valence-electron chi connectivity index (χ2n) is 3.25. The molecule has 1 heterocycles. The van der Waals surface area contributed by atoms with Crippen molar-refractivity contribution in [3.05, 3.63) is 0 Å². The number of ether oxygens (including phenoxy) is 2. The molecule has 0 aromatic carbocycles. The molecule has 1 saturated heterocycles. The molecule has 0 aromatic heterocycles. The van der Waals surface area contributed by atoms with Crippen molar-refractivity contribution in [3.8, 4) is 0 Å². The average Bonchev–Trinajstić information content (AvgIpc) is 2.72. The predicted octanol–water partition coefficient (Wildman–Crippen LogP) is 2.11. The van der Waals surface area contributed by atoms with Crippen molar-refractivity contribution < 1.29 is 9.47 Å². The zero-order valence-corrected chi connectivity index (χ0v) is 11.0. The van der Waals surface area contributed by atoms with E-state index in [9.17, 15) is 0 Å². The van der Waals surface area contributed by atoms with Gasteiger partial charge in [-0.25, -0.2) is 0 Å². The van der Waals surface area contributed by atoms with Gasteiger partial charge in [-0.3, -0.25) is 0 Å². The maximum atomic E-state index is 5.36. The summed E-state index contributed by atoms with van der Waals surface area (Å²) in [5.41, 5.74) is 0. The van der Waals surface area contributed by atoms with Crippen LogP contribution < -0.4 is 0 Å². The van der Waals surface area contributed by atoms with Crippen LogP contribution in [0.25, 0.3) is 0 Å². The van der Waals surface area contributed by atoms with Gasteiger partial charge in [0.15, 0.2) is 6.29 Å². The van der Waals surface area contributed by atoms with E-state index in [4.69, 9.17) is 21.7 Å². The van der Waals surface area contributed by atoms with E-state index >= 15 is 0 Å². The molecule has 5 heteroatoms. The van der Waals surface area contributed by atoms with E-state index in [1.807, 2.05) is 0 Å². The molecule has 0 radical (unpaired) electrons. The number of hydrogen-bond donors (Lipinski definition) is 0. The molecule has 15 heavy (non-hydrogen) atoms. The molecule has 0 amide bonds. The van der Waals surface area contributed by atoms with Crippen LogP contribution in [0, 0.1) is 0 Å². The second kappa shape index (κ2) is 7.44. The summed E-state index contributed by atoms with van der Waals surface area (Å²) in [6.07, 6.45) is 0.920. The monoisotopic (exact) mass is 249 g/mol. The number of hydrogen-bond acceptors (Lipinski definition) is 4. The van der Waals surface area contributed by atoms with Crippen LogP contribution in [0.4, 0.5) is 0 Å². The smallest absolute Gasteiger partial charge is 0.158 e. The highest BCUT2D eigenvalue weighted by atomic mass is 32.2. The van der Waals surface area contributed by atoms with Gasteiger partial charge in [0.25, 0.3) is 0 Å². The third kappa shape index (κ3) is 4.68. The van der Waals surface area contributed by atoms with Gasteiger partial charge in [0, 0.05) is 25.3 Å². The van der Waals surface area contributed by atoms with Crippen LogP contribution in [0.15, 0.2) is 0 Å². The fourth-order valence-corrected chi connectivity index (χ4v) is 2.82. The zero-order chi connectivity index (χ0) is 11.1. The summed E-state index contributed by atoms with van der Waals surface area (Å²) >= 11 is 7.04. The van der Waals surface area contributed by atoms with Crippen molar-refractivity contribution in [2.24, 2.45) is 0 Å². The molecule has 0 N–H and O–H groups in total. The SMILES string of the molecule is CCN(CC)C(=S)SCCC1OCCO1. The highest BCUT2D eigenvalue weighted by Crippen LogP contribution is 2.15. The van der Waals surface area contributed by atoms with E-state index < -0.39 is 0 Å². The normalized spacial score (nSPS) is 16.9. The molecule has 0 spiro atoms. The topological polar surface area (TPSA) is 21.7 Å². The molecule has 1 aliphatic heterocycles. The highest BCUT2D eigenvalue weighted by molar-refractivity contribution is 8.22. The van der Waals surface area contributed by atoms with Crippen molar-refractivity contribution in [2.75, 3.05) is 32.1 Å². The van der Waals surface area contributed by atoms with Gasteiger partial charge >= 0.3 is 0 Å². The van der Waals surface area contributed by atoms with Crippen LogP contribution in [-0.2, 0) is 9.47 Å². The van der Waals surface area contributed by atoms with E-state index in [1.165, 1.54) is 0 Å². The minimum atomic E-state index is -0.00277. The van der Waals surface area contributed by atoms with Gasteiger partial charge in [-0.05, 0) is 13.8 Å². The molecule has 1 rings (SSSR count). The lowest BCUT2D eigenvalue weighted by Gasteiger charge is -2.21. The molecule has 1 fully saturated rings. The van der Waals surface area contributed by atoms with Crippen LogP contribution in [0.2, 0.25) is 0 Å². The minimum Gasteiger partial charge on any atom is -0.358 e. The van der Waals surface area contributed by atoms with Gasteiger partial charge in [-0.15, -0.1) is 0 Å². The quantitative estimate of drug-likeness (QED) is 0.694. The first-order valence-electron chi connectivity index (χ1n) is 5.42. The van der Waals surface area contributed by atoms with Gasteiger partial charge in [0.2, 0.25) is 0 Å². The predicted molar refractivity (Wildman–Crippen MR) is 68.3 cm³/mol. The van der Waals surface area contributed by atoms with E-state index in [0.717, 1.165) is 42.8 Å². The third-order valence-electron chi connectivity index (χ3n) is 2.29. The fraction of sp³-hybridized carbons (Fsp3) is 0.900. The van der Waals surface area contributed by atoms with Crippen molar-refractivity contribution in [3.63, 3.8) is 0 Å². The highest BCUT2D eigenvalue weighted by Gasteiger charge is 2.16. The molecule has 0 saturated carbocycles. The van der Waals surface area contributed by atoms with Crippen molar-refractivity contribution >= 4 is 28.3 Å². The molecule has 3 nitrogen and oxygen atoms in total. The molecule has 88 valence electrons. The lowest BCUT2D eigenvalue weighted by molar-refractivity contribution is -0.0421. The summed E-state index contributed by atoms with van der Waals surface area (Å²) in [6.45, 7) is 7.68. The van der Waals surface area contributed by atoms with Crippen LogP contribution in [-0.4, -0.2) is 47.6 Å². The number of nitrogens with zero attached hydrogens (tertiary/aromatic N) is 1. The fourth-order valence-electron chi connectivity index (χ4n) is 1.39. The lowest BCUT2D eigenvalue weighted by atomic mass is 10.5. The molecule has 0 unspecified atom stereocenters. The van der Waals surface area contributed by atoms with Crippen LogP contribution >= 0.6 is 24.0 Å². The number of thioether (sulfide) groups is 1. The Bertz CT molecular complexity index is 192.